The number of carbonyl (C=O) groups is 2. The van der Waals surface area contributed by atoms with Crippen LogP contribution in [0.5, 0.6) is 17.2 Å². The fraction of sp³-hybridized carbons (Fsp3) is 0.200. The Kier molecular flexibility index (Phi) is 6.11. The van der Waals surface area contributed by atoms with E-state index in [1.54, 1.807) is 41.8 Å². The lowest BCUT2D eigenvalue weighted by Gasteiger charge is -2.28. The molecule has 1 aliphatic rings. The summed E-state index contributed by atoms with van der Waals surface area (Å²) in [5.74, 6) is -0.515. The molecule has 2 heterocycles. The van der Waals surface area contributed by atoms with Gasteiger partial charge in [0.2, 0.25) is 11.5 Å². The van der Waals surface area contributed by atoms with Gasteiger partial charge in [-0.05, 0) is 48.2 Å². The summed E-state index contributed by atoms with van der Waals surface area (Å²) in [6, 6.07) is 13.2. The predicted octanol–water partition coefficient (Wildman–Crippen LogP) is 4.87. The van der Waals surface area contributed by atoms with Crippen LogP contribution < -0.4 is 19.1 Å². The van der Waals surface area contributed by atoms with E-state index in [2.05, 4.69) is 0 Å². The van der Waals surface area contributed by atoms with Crippen LogP contribution in [0, 0.1) is 6.92 Å². The van der Waals surface area contributed by atoms with Gasteiger partial charge in [0.05, 0.1) is 37.8 Å². The lowest BCUT2D eigenvalue weighted by atomic mass is 9.94. The molecule has 0 aliphatic carbocycles. The molecule has 0 bridgehead atoms. The Morgan fingerprint density at radius 3 is 2.15 bits per heavy atom. The average molecular weight is 466 g/mol. The van der Waals surface area contributed by atoms with E-state index >= 15 is 0 Å². The predicted molar refractivity (Wildman–Crippen MR) is 126 cm³/mol. The number of ether oxygens (including phenoxy) is 3. The van der Waals surface area contributed by atoms with Crippen molar-refractivity contribution in [3.63, 3.8) is 0 Å². The second kappa shape index (κ2) is 8.99. The van der Waals surface area contributed by atoms with Crippen molar-refractivity contribution in [3.8, 4) is 17.2 Å². The van der Waals surface area contributed by atoms with E-state index in [0.29, 0.717) is 33.4 Å². The monoisotopic (exact) mass is 465 g/mol. The number of hydrogen-bond acceptors (Lipinski definition) is 7. The molecule has 3 aromatic rings. The molecule has 1 unspecified atom stereocenters. The zero-order valence-corrected chi connectivity index (χ0v) is 19.4. The number of aliphatic hydroxyl groups is 1. The number of hydrogen-bond donors (Lipinski definition) is 1. The number of aliphatic hydroxyl groups excluding tert-OH is 1. The molecule has 1 atom stereocenters. The summed E-state index contributed by atoms with van der Waals surface area (Å²) in [7, 11) is 4.47. The third kappa shape index (κ3) is 3.82. The fourth-order valence-electron chi connectivity index (χ4n) is 3.92. The van der Waals surface area contributed by atoms with E-state index in [9.17, 15) is 14.7 Å². The summed E-state index contributed by atoms with van der Waals surface area (Å²) >= 11 is 1.24. The summed E-state index contributed by atoms with van der Waals surface area (Å²) in [5, 5.41) is 12.7. The second-order valence-electron chi connectivity index (χ2n) is 7.44. The van der Waals surface area contributed by atoms with Crippen LogP contribution in [-0.4, -0.2) is 38.1 Å². The lowest BCUT2D eigenvalue weighted by Crippen LogP contribution is -2.31. The van der Waals surface area contributed by atoms with Crippen molar-refractivity contribution in [1.82, 2.24) is 0 Å². The van der Waals surface area contributed by atoms with Crippen molar-refractivity contribution in [2.45, 2.75) is 13.0 Å². The number of anilines is 1. The maximum Gasteiger partial charge on any atom is 0.294 e. The van der Waals surface area contributed by atoms with Crippen molar-refractivity contribution in [3.05, 3.63) is 81.2 Å². The van der Waals surface area contributed by atoms with Crippen molar-refractivity contribution in [2.75, 3.05) is 26.2 Å². The van der Waals surface area contributed by atoms with Crippen molar-refractivity contribution < 1.29 is 28.9 Å². The van der Waals surface area contributed by atoms with E-state index in [4.69, 9.17) is 14.2 Å². The van der Waals surface area contributed by atoms with Crippen LogP contribution in [0.25, 0.3) is 0 Å². The Labute approximate surface area is 195 Å². The average Bonchev–Trinajstić information content (AvgIpc) is 3.46. The Morgan fingerprint density at radius 2 is 1.64 bits per heavy atom. The molecule has 4 rings (SSSR count). The number of thiophene rings is 1. The summed E-state index contributed by atoms with van der Waals surface area (Å²) in [6.45, 7) is 1.94. The first-order valence-corrected chi connectivity index (χ1v) is 11.0. The van der Waals surface area contributed by atoms with Crippen LogP contribution in [0.4, 0.5) is 5.69 Å². The molecule has 0 fully saturated rings. The number of benzene rings is 2. The number of aryl methyl sites for hydroxylation is 1. The number of rotatable bonds is 7. The Morgan fingerprint density at radius 1 is 1.00 bits per heavy atom. The lowest BCUT2D eigenvalue weighted by molar-refractivity contribution is -0.117. The van der Waals surface area contributed by atoms with Crippen LogP contribution in [0.1, 0.15) is 26.8 Å². The molecule has 2 aromatic carbocycles. The fourth-order valence-corrected chi connectivity index (χ4v) is 4.60. The molecule has 1 aliphatic heterocycles. The first kappa shape index (κ1) is 22.4. The minimum absolute atomic E-state index is 0.00250. The molecular formula is C25H23NO6S. The summed E-state index contributed by atoms with van der Waals surface area (Å²) in [6.07, 6.45) is 0. The molecule has 0 radical (unpaired) electrons. The van der Waals surface area contributed by atoms with Crippen LogP contribution in [-0.2, 0) is 4.79 Å². The third-order valence-electron chi connectivity index (χ3n) is 5.51. The van der Waals surface area contributed by atoms with Gasteiger partial charge in [-0.2, -0.15) is 0 Å². The first-order valence-electron chi connectivity index (χ1n) is 10.1. The van der Waals surface area contributed by atoms with Crippen LogP contribution in [0.3, 0.4) is 0 Å². The molecule has 1 aromatic heterocycles. The number of methoxy groups -OCH3 is 3. The molecule has 33 heavy (non-hydrogen) atoms. The Hall–Kier alpha value is -3.78. The van der Waals surface area contributed by atoms with E-state index in [0.717, 1.165) is 5.56 Å². The minimum Gasteiger partial charge on any atom is -0.503 e. The highest BCUT2D eigenvalue weighted by Crippen LogP contribution is 2.47. The molecule has 0 spiro atoms. The quantitative estimate of drug-likeness (QED) is 0.502. The SMILES string of the molecule is COc1cc(C2C(C(=O)c3cccs3)=C(O)C(=O)N2c2ccc(C)cc2)cc(OC)c1OC. The van der Waals surface area contributed by atoms with E-state index in [-0.39, 0.29) is 5.57 Å². The van der Waals surface area contributed by atoms with E-state index in [1.807, 2.05) is 19.1 Å². The summed E-state index contributed by atoms with van der Waals surface area (Å²) in [4.78, 5) is 28.5. The Balaban J connectivity index is 1.95. The van der Waals surface area contributed by atoms with Gasteiger partial charge in [-0.1, -0.05) is 23.8 Å². The Bertz CT molecular complexity index is 1210. The highest BCUT2D eigenvalue weighted by atomic mass is 32.1. The van der Waals surface area contributed by atoms with E-state index in [1.165, 1.54) is 37.6 Å². The normalized spacial score (nSPS) is 15.7. The standard InChI is InChI=1S/C25H23NO6S/c1-14-7-9-16(10-8-14)26-21(15-12-17(30-2)24(32-4)18(13-15)31-3)20(23(28)25(26)29)22(27)19-6-5-11-33-19/h5-13,21,28H,1-4H3. The largest absolute Gasteiger partial charge is 0.503 e. The van der Waals surface area contributed by atoms with Crippen LogP contribution >= 0.6 is 11.3 Å². The minimum atomic E-state index is -0.900. The van der Waals surface area contributed by atoms with Crippen molar-refractivity contribution in [2.24, 2.45) is 0 Å². The highest BCUT2D eigenvalue weighted by molar-refractivity contribution is 7.12. The topological polar surface area (TPSA) is 85.3 Å². The molecule has 8 heteroatoms. The van der Waals surface area contributed by atoms with Crippen molar-refractivity contribution >= 4 is 28.7 Å². The van der Waals surface area contributed by atoms with Gasteiger partial charge >= 0.3 is 0 Å². The van der Waals surface area contributed by atoms with Crippen molar-refractivity contribution in [1.29, 1.82) is 0 Å². The molecule has 0 saturated heterocycles. The first-order chi connectivity index (χ1) is 15.9. The zero-order valence-electron chi connectivity index (χ0n) is 18.6. The third-order valence-corrected chi connectivity index (χ3v) is 6.38. The maximum absolute atomic E-state index is 13.4. The molecule has 1 amide bonds. The molecule has 7 nitrogen and oxygen atoms in total. The van der Waals surface area contributed by atoms with Crippen LogP contribution in [0.15, 0.2) is 65.2 Å². The zero-order chi connectivity index (χ0) is 23.7. The number of ketones is 1. The van der Waals surface area contributed by atoms with Gasteiger partial charge in [0.25, 0.3) is 5.91 Å². The molecule has 170 valence electrons. The molecule has 1 N–H and O–H groups in total. The number of nitrogens with zero attached hydrogens (tertiary/aromatic N) is 1. The maximum atomic E-state index is 13.4. The number of Topliss-reactive ketones (excluding diaryl/α,β-unsaturated/α-hetero) is 1. The van der Waals surface area contributed by atoms with Gasteiger partial charge < -0.3 is 19.3 Å². The van der Waals surface area contributed by atoms with Gasteiger partial charge in [0.1, 0.15) is 0 Å². The second-order valence-corrected chi connectivity index (χ2v) is 8.39. The van der Waals surface area contributed by atoms with Gasteiger partial charge in [-0.3, -0.25) is 14.5 Å². The highest BCUT2D eigenvalue weighted by Gasteiger charge is 2.45. The van der Waals surface area contributed by atoms with Gasteiger partial charge in [-0.25, -0.2) is 0 Å². The number of carbonyl (C=O) groups excluding carboxylic acids is 2. The van der Waals surface area contributed by atoms with Gasteiger partial charge in [0, 0.05) is 5.69 Å². The van der Waals surface area contributed by atoms with Gasteiger partial charge in [-0.15, -0.1) is 11.3 Å². The van der Waals surface area contributed by atoms with Crippen LogP contribution in [0.2, 0.25) is 0 Å². The number of amides is 1. The summed E-state index contributed by atoms with van der Waals surface area (Å²) < 4.78 is 16.4. The molecule has 0 saturated carbocycles. The summed E-state index contributed by atoms with van der Waals surface area (Å²) in [5.41, 5.74) is 2.09. The van der Waals surface area contributed by atoms with Gasteiger partial charge in [0.15, 0.2) is 17.3 Å². The smallest absolute Gasteiger partial charge is 0.294 e. The molecular weight excluding hydrogens is 442 g/mol. The van der Waals surface area contributed by atoms with E-state index < -0.39 is 23.5 Å².